The Kier molecular flexibility index (Phi) is 6.20. The summed E-state index contributed by atoms with van der Waals surface area (Å²) in [6.07, 6.45) is 4.76. The van der Waals surface area contributed by atoms with Crippen molar-refractivity contribution in [3.63, 3.8) is 0 Å². The van der Waals surface area contributed by atoms with Gasteiger partial charge in [-0.2, -0.15) is 0 Å². The predicted octanol–water partition coefficient (Wildman–Crippen LogP) is 5.40. The van der Waals surface area contributed by atoms with E-state index in [-0.39, 0.29) is 5.91 Å². The van der Waals surface area contributed by atoms with E-state index in [1.54, 1.807) is 34.9 Å². The van der Waals surface area contributed by atoms with Crippen LogP contribution in [0.1, 0.15) is 18.4 Å². The van der Waals surface area contributed by atoms with Gasteiger partial charge in [0, 0.05) is 65.9 Å². The molecular weight excluding hydrogens is 449 g/mol. The number of carbonyl (C=O) groups excluding carboxylic acids is 1. The summed E-state index contributed by atoms with van der Waals surface area (Å²) in [5, 5.41) is 1.07. The number of carbonyl (C=O) groups is 1. The van der Waals surface area contributed by atoms with Gasteiger partial charge in [0.05, 0.1) is 4.91 Å². The van der Waals surface area contributed by atoms with Crippen molar-refractivity contribution in [2.75, 3.05) is 48.3 Å². The summed E-state index contributed by atoms with van der Waals surface area (Å²) in [6, 6.07) is 14.5. The van der Waals surface area contributed by atoms with Crippen molar-refractivity contribution in [3.8, 4) is 0 Å². The van der Waals surface area contributed by atoms with Crippen LogP contribution in [0, 0.1) is 0 Å². The first-order chi connectivity index (χ1) is 15.1. The largest absolute Gasteiger partial charge is 0.368 e. The van der Waals surface area contributed by atoms with E-state index in [0.717, 1.165) is 54.1 Å². The molecule has 7 heteroatoms. The Balaban J connectivity index is 1.38. The van der Waals surface area contributed by atoms with Crippen LogP contribution in [0.15, 0.2) is 47.4 Å². The maximum absolute atomic E-state index is 13.3. The van der Waals surface area contributed by atoms with Crippen LogP contribution in [0.5, 0.6) is 0 Å². The Morgan fingerprint density at radius 2 is 1.65 bits per heavy atom. The molecule has 2 aliphatic heterocycles. The maximum atomic E-state index is 13.3. The smallest absolute Gasteiger partial charge is 0.264 e. The number of benzene rings is 2. The lowest BCUT2D eigenvalue weighted by Crippen LogP contribution is -2.47. The molecule has 0 bridgehead atoms. The molecule has 1 saturated carbocycles. The molecule has 162 valence electrons. The third-order valence-corrected chi connectivity index (χ3v) is 7.56. The van der Waals surface area contributed by atoms with E-state index in [9.17, 15) is 4.79 Å². The van der Waals surface area contributed by atoms with E-state index in [0.29, 0.717) is 16.6 Å². The quantitative estimate of drug-likeness (QED) is 0.555. The fourth-order valence-corrected chi connectivity index (χ4v) is 5.85. The summed E-state index contributed by atoms with van der Waals surface area (Å²) in [7, 11) is 0. The van der Waals surface area contributed by atoms with Gasteiger partial charge in [0.25, 0.3) is 5.91 Å². The Bertz CT molecular complexity index is 995. The molecule has 4 nitrogen and oxygen atoms in total. The Labute approximate surface area is 197 Å². The van der Waals surface area contributed by atoms with Gasteiger partial charge < -0.3 is 9.80 Å². The topological polar surface area (TPSA) is 26.8 Å². The average molecular weight is 474 g/mol. The van der Waals surface area contributed by atoms with E-state index in [4.69, 9.17) is 23.2 Å². The number of para-hydroxylation sites is 1. The molecular formula is C24H25Cl2N3OS. The van der Waals surface area contributed by atoms with Crippen LogP contribution in [0.3, 0.4) is 0 Å². The van der Waals surface area contributed by atoms with Crippen molar-refractivity contribution in [2.24, 2.45) is 0 Å². The van der Waals surface area contributed by atoms with Crippen LogP contribution < -0.4 is 9.80 Å². The van der Waals surface area contributed by atoms with Gasteiger partial charge in [0.2, 0.25) is 0 Å². The molecule has 5 rings (SSSR count). The standard InChI is InChI=1S/C24H25Cl2N3OS/c25-18-14-19(26)16-21(15-18)29-11-12-31-23(24(29)30)13-17-3-1-2-4-22(17)28-9-7-27(8-10-28)20-5-6-20/h1-4,13-16,20H,5-12H2/b23-13+. The molecule has 1 amide bonds. The first-order valence-corrected chi connectivity index (χ1v) is 12.5. The van der Waals surface area contributed by atoms with Crippen LogP contribution >= 0.6 is 35.0 Å². The molecule has 2 aromatic carbocycles. The highest BCUT2D eigenvalue weighted by molar-refractivity contribution is 8.04. The van der Waals surface area contributed by atoms with Gasteiger partial charge in [-0.1, -0.05) is 41.4 Å². The summed E-state index contributed by atoms with van der Waals surface area (Å²) in [5.41, 5.74) is 3.06. The number of halogens is 2. The van der Waals surface area contributed by atoms with Crippen LogP contribution in [0.25, 0.3) is 6.08 Å². The Hall–Kier alpha value is -1.66. The number of rotatable bonds is 4. The normalized spacial score (nSPS) is 21.7. The highest BCUT2D eigenvalue weighted by Gasteiger charge is 2.32. The number of anilines is 2. The summed E-state index contributed by atoms with van der Waals surface area (Å²) in [4.78, 5) is 20.9. The molecule has 1 aliphatic carbocycles. The van der Waals surface area contributed by atoms with Crippen molar-refractivity contribution >= 4 is 58.3 Å². The van der Waals surface area contributed by atoms with Gasteiger partial charge in [-0.05, 0) is 48.7 Å². The minimum atomic E-state index is 0.00272. The lowest BCUT2D eigenvalue weighted by Gasteiger charge is -2.37. The molecule has 0 N–H and O–H groups in total. The second kappa shape index (κ2) is 9.07. The number of hydrogen-bond donors (Lipinski definition) is 0. The van der Waals surface area contributed by atoms with Crippen molar-refractivity contribution in [2.45, 2.75) is 18.9 Å². The highest BCUT2D eigenvalue weighted by Crippen LogP contribution is 2.35. The van der Waals surface area contributed by atoms with Crippen LogP contribution in [-0.4, -0.2) is 55.3 Å². The van der Waals surface area contributed by atoms with E-state index >= 15 is 0 Å². The van der Waals surface area contributed by atoms with Gasteiger partial charge in [0.15, 0.2) is 0 Å². The number of nitrogens with zero attached hydrogens (tertiary/aromatic N) is 3. The van der Waals surface area contributed by atoms with E-state index in [1.165, 1.54) is 18.5 Å². The van der Waals surface area contributed by atoms with Gasteiger partial charge in [-0.25, -0.2) is 0 Å². The molecule has 0 unspecified atom stereocenters. The molecule has 0 aromatic heterocycles. The zero-order valence-electron chi connectivity index (χ0n) is 17.3. The lowest BCUT2D eigenvalue weighted by molar-refractivity contribution is -0.114. The van der Waals surface area contributed by atoms with Crippen molar-refractivity contribution < 1.29 is 4.79 Å². The van der Waals surface area contributed by atoms with Crippen molar-refractivity contribution in [1.82, 2.24) is 4.90 Å². The predicted molar refractivity (Wildman–Crippen MR) is 132 cm³/mol. The first-order valence-electron chi connectivity index (χ1n) is 10.8. The third-order valence-electron chi connectivity index (χ3n) is 6.13. The molecule has 0 spiro atoms. The fraction of sp³-hybridized carbons (Fsp3) is 0.375. The molecule has 31 heavy (non-hydrogen) atoms. The summed E-state index contributed by atoms with van der Waals surface area (Å²) in [6.45, 7) is 4.94. The minimum Gasteiger partial charge on any atom is -0.368 e. The molecule has 2 heterocycles. The highest BCUT2D eigenvalue weighted by atomic mass is 35.5. The van der Waals surface area contributed by atoms with Gasteiger partial charge in [-0.3, -0.25) is 9.69 Å². The fourth-order valence-electron chi connectivity index (χ4n) is 4.39. The monoisotopic (exact) mass is 473 g/mol. The van der Waals surface area contributed by atoms with E-state index in [1.807, 2.05) is 12.1 Å². The second-order valence-corrected chi connectivity index (χ2v) is 10.3. The zero-order valence-corrected chi connectivity index (χ0v) is 19.6. The Morgan fingerprint density at radius 3 is 2.35 bits per heavy atom. The number of hydrogen-bond acceptors (Lipinski definition) is 4. The van der Waals surface area contributed by atoms with E-state index < -0.39 is 0 Å². The number of piperazine rings is 1. The Morgan fingerprint density at radius 1 is 0.935 bits per heavy atom. The zero-order chi connectivity index (χ0) is 21.4. The second-order valence-electron chi connectivity index (χ2n) is 8.25. The van der Waals surface area contributed by atoms with Crippen molar-refractivity contribution in [1.29, 1.82) is 0 Å². The van der Waals surface area contributed by atoms with Gasteiger partial charge in [-0.15, -0.1) is 11.8 Å². The molecule has 2 aromatic rings. The maximum Gasteiger partial charge on any atom is 0.264 e. The van der Waals surface area contributed by atoms with Crippen LogP contribution in [0.4, 0.5) is 11.4 Å². The van der Waals surface area contributed by atoms with Crippen molar-refractivity contribution in [3.05, 3.63) is 63.0 Å². The SMILES string of the molecule is O=C1/C(=C\c2ccccc2N2CCN(C3CC3)CC2)SCCN1c1cc(Cl)cc(Cl)c1. The molecule has 0 radical (unpaired) electrons. The number of thioether (sulfide) groups is 1. The molecule has 0 atom stereocenters. The minimum absolute atomic E-state index is 0.00272. The summed E-state index contributed by atoms with van der Waals surface area (Å²) in [5.74, 6) is 0.840. The summed E-state index contributed by atoms with van der Waals surface area (Å²) >= 11 is 14.0. The van der Waals surface area contributed by atoms with Gasteiger partial charge >= 0.3 is 0 Å². The van der Waals surface area contributed by atoms with Gasteiger partial charge in [0.1, 0.15) is 0 Å². The molecule has 3 fully saturated rings. The molecule has 3 aliphatic rings. The van der Waals surface area contributed by atoms with Crippen LogP contribution in [0.2, 0.25) is 10.0 Å². The van der Waals surface area contributed by atoms with Crippen LogP contribution in [-0.2, 0) is 4.79 Å². The third kappa shape index (κ3) is 4.75. The summed E-state index contributed by atoms with van der Waals surface area (Å²) < 4.78 is 0. The lowest BCUT2D eigenvalue weighted by atomic mass is 10.1. The first kappa shape index (κ1) is 21.2. The number of amides is 1. The van der Waals surface area contributed by atoms with E-state index in [2.05, 4.69) is 28.0 Å². The molecule has 2 saturated heterocycles. The average Bonchev–Trinajstić information content (AvgIpc) is 3.61.